The third-order valence-corrected chi connectivity index (χ3v) is 11.9. The number of esters is 1. The molecule has 0 radical (unpaired) electrons. The molecule has 4 aromatic heterocycles. The first-order valence-electron chi connectivity index (χ1n) is 21.9. The van der Waals surface area contributed by atoms with Gasteiger partial charge in [0, 0.05) is 99.3 Å². The molecule has 2 fully saturated rings. The Morgan fingerprint density at radius 3 is 1.42 bits per heavy atom. The van der Waals surface area contributed by atoms with E-state index >= 15 is 0 Å². The molecule has 0 saturated carbocycles. The molecule has 0 atom stereocenters. The summed E-state index contributed by atoms with van der Waals surface area (Å²) in [5, 5.41) is 11.7. The summed E-state index contributed by atoms with van der Waals surface area (Å²) in [5.41, 5.74) is 6.06. The number of carbonyl (C=O) groups is 2. The zero-order valence-corrected chi connectivity index (χ0v) is 51.4. The molecule has 0 spiro atoms. The van der Waals surface area contributed by atoms with Crippen LogP contribution in [0.25, 0.3) is 21.8 Å². The summed E-state index contributed by atoms with van der Waals surface area (Å²) in [4.78, 5) is 44.2. The first kappa shape index (κ1) is 60.1. The minimum absolute atomic E-state index is 0. The number of anilines is 2. The van der Waals surface area contributed by atoms with E-state index < -0.39 is 5.97 Å². The Balaban J connectivity index is 0.000000305. The number of aryl methyl sites for hydroxylation is 4. The van der Waals surface area contributed by atoms with Crippen molar-refractivity contribution in [1.82, 2.24) is 29.1 Å². The molecule has 2 aliphatic rings. The molecular weight excluding hydrogens is 1470 g/mol. The molecule has 0 bridgehead atoms. The molecule has 2 aliphatic heterocycles. The summed E-state index contributed by atoms with van der Waals surface area (Å²) in [6.45, 7) is 5.96. The van der Waals surface area contributed by atoms with Crippen LogP contribution in [0.4, 0.5) is 11.9 Å². The first-order valence-corrected chi connectivity index (χ1v) is 34.6. The number of alkyl halides is 3. The van der Waals surface area contributed by atoms with E-state index in [-0.39, 0.29) is 31.4 Å². The Hall–Kier alpha value is -1.26. The standard InChI is InChI=1S/C24H30N4O2.C22H26N4O2.CHI3.CH3.ClH.2HI.V/c1-3-30-23(29)20-15-25-24(26-16-20)28-13-11-18(12-14-28)7-6-8-19-17-27(2)22-10-5-4-9-21(19)22;1-25-15-17(19-7-2-3-8-20(19)25)6-4-5-16-9-11-26(12-10-16)22-23-13-18(14-24-22)21(27)28;2-1(3)4;;;;;/h4-5,9-10,15-18H,3,6-8,11-14H2,1-2H3;2-3,7-8,13-16H,4-6,9-12H2,1H3,(H,27,28);1H;1H3;3*1H;/q;;;-1;;;;+2/p-2. The van der Waals surface area contributed by atoms with E-state index in [1.54, 1.807) is 19.3 Å². The number of piperidine rings is 2. The van der Waals surface area contributed by atoms with Gasteiger partial charge in [-0.3, -0.25) is 0 Å². The molecule has 6 aromatic rings. The molecule has 0 amide bonds. The van der Waals surface area contributed by atoms with Gasteiger partial charge < -0.3 is 36.2 Å². The van der Waals surface area contributed by atoms with Gasteiger partial charge in [-0.05, 0) is 106 Å². The number of aromatic carboxylic acids is 1. The second-order valence-corrected chi connectivity index (χ2v) is 38.8. The number of benzene rings is 2. The second kappa shape index (κ2) is 31.9. The second-order valence-electron chi connectivity index (χ2n) is 16.1. The zero-order valence-electron chi connectivity index (χ0n) is 38.4. The average molecular weight is 1530 g/mol. The van der Waals surface area contributed by atoms with Crippen molar-refractivity contribution in [2.75, 3.05) is 42.6 Å². The van der Waals surface area contributed by atoms with Crippen LogP contribution in [0.3, 0.4) is 0 Å². The zero-order chi connectivity index (χ0) is 46.7. The van der Waals surface area contributed by atoms with Gasteiger partial charge in [-0.15, -0.1) is 12.4 Å². The maximum absolute atomic E-state index is 11.7. The average Bonchev–Trinajstić information content (AvgIpc) is 3.81. The van der Waals surface area contributed by atoms with Crippen molar-refractivity contribution in [2.24, 2.45) is 25.9 Å². The van der Waals surface area contributed by atoms with Crippen molar-refractivity contribution in [3.63, 3.8) is 0 Å². The van der Waals surface area contributed by atoms with Gasteiger partial charge in [0.2, 0.25) is 11.9 Å². The van der Waals surface area contributed by atoms with Crippen LogP contribution in [0.15, 0.2) is 85.7 Å². The van der Waals surface area contributed by atoms with Crippen molar-refractivity contribution in [2.45, 2.75) is 71.1 Å². The number of rotatable bonds is 13. The summed E-state index contributed by atoms with van der Waals surface area (Å²) in [5.74, 6) is 1.49. The third-order valence-electron chi connectivity index (χ3n) is 11.9. The van der Waals surface area contributed by atoms with Gasteiger partial charge in [-0.25, -0.2) is 29.5 Å². The summed E-state index contributed by atoms with van der Waals surface area (Å²) in [6.07, 6.45) is 22.3. The Kier molecular flexibility index (Phi) is 28.6. The first-order chi connectivity index (χ1) is 31.4. The van der Waals surface area contributed by atoms with Crippen molar-refractivity contribution < 1.29 is 28.9 Å². The molecule has 8 rings (SSSR count). The monoisotopic (exact) mass is 1530 g/mol. The van der Waals surface area contributed by atoms with Crippen molar-refractivity contribution in [1.29, 1.82) is 0 Å². The van der Waals surface area contributed by atoms with Gasteiger partial charge in [0.15, 0.2) is 0 Å². The fourth-order valence-corrected chi connectivity index (χ4v) is 8.65. The van der Waals surface area contributed by atoms with Crippen molar-refractivity contribution in [3.8, 4) is 0 Å². The van der Waals surface area contributed by atoms with Crippen molar-refractivity contribution >= 4 is 166 Å². The minimum atomic E-state index is -0.989. The molecule has 2 saturated heterocycles. The quantitative estimate of drug-likeness (QED) is 0.0516. The van der Waals surface area contributed by atoms with Crippen LogP contribution in [-0.2, 0) is 41.1 Å². The summed E-state index contributed by atoms with van der Waals surface area (Å²) in [7, 11) is 4.87. The predicted octanol–water partition coefficient (Wildman–Crippen LogP) is 13.5. The van der Waals surface area contributed by atoms with Crippen LogP contribution in [0.2, 0.25) is 0 Å². The molecule has 2 aromatic carbocycles. The van der Waals surface area contributed by atoms with Gasteiger partial charge in [-0.2, -0.15) is 0 Å². The summed E-state index contributed by atoms with van der Waals surface area (Å²) in [6, 6.07) is 17.3. The van der Waals surface area contributed by atoms with Crippen LogP contribution in [-0.4, -0.2) is 78.8 Å². The Bertz CT molecular complexity index is 2370. The number of nitrogens with zero attached hydrogens (tertiary/aromatic N) is 8. The van der Waals surface area contributed by atoms with E-state index in [0.29, 0.717) is 33.5 Å². The van der Waals surface area contributed by atoms with Crippen molar-refractivity contribution in [3.05, 3.63) is 115 Å². The Morgan fingerprint density at radius 2 is 1.06 bits per heavy atom. The number of aromatic nitrogens is 6. The fourth-order valence-electron chi connectivity index (χ4n) is 8.65. The summed E-state index contributed by atoms with van der Waals surface area (Å²) < 4.78 is 10.2. The van der Waals surface area contributed by atoms with Gasteiger partial charge in [0.05, 0.1) is 17.7 Å². The number of ether oxygens (including phenoxy) is 1. The molecule has 67 heavy (non-hydrogen) atoms. The van der Waals surface area contributed by atoms with Gasteiger partial charge in [0.1, 0.15) is -0.0619 Å². The van der Waals surface area contributed by atoms with Crippen LogP contribution in [0.1, 0.15) is 90.1 Å². The van der Waals surface area contributed by atoms with E-state index in [1.807, 2.05) is 0 Å². The van der Waals surface area contributed by atoms with Gasteiger partial charge >= 0.3 is 61.4 Å². The number of carbonyl (C=O) groups excluding carboxylic acids is 1. The predicted molar refractivity (Wildman–Crippen MR) is 316 cm³/mol. The Labute approximate surface area is 472 Å². The summed E-state index contributed by atoms with van der Waals surface area (Å²) >= 11 is 11.7. The number of fused-ring (bicyclic) bond motifs is 2. The number of carboxylic acids is 1. The molecule has 12 nitrogen and oxygen atoms in total. The van der Waals surface area contributed by atoms with E-state index in [4.69, 9.17) is 9.84 Å². The Morgan fingerprint density at radius 1 is 0.701 bits per heavy atom. The number of para-hydroxylation sites is 2. The topological polar surface area (TPSA) is 132 Å². The van der Waals surface area contributed by atoms with E-state index in [0.717, 1.165) is 63.6 Å². The number of hydrogen-bond donors (Lipinski definition) is 1. The van der Waals surface area contributed by atoms with Crippen LogP contribution >= 0.6 is 120 Å². The molecule has 0 aliphatic carbocycles. The van der Waals surface area contributed by atoms with Crippen LogP contribution < -0.4 is 9.80 Å². The van der Waals surface area contributed by atoms with E-state index in [2.05, 4.69) is 222 Å². The number of carboxylic acid groups (broad SMARTS) is 1. The van der Waals surface area contributed by atoms with Gasteiger partial charge in [-0.1, -0.05) is 104 Å². The molecular formula is C48H61ClI5N8O4V-. The van der Waals surface area contributed by atoms with Crippen LogP contribution in [0, 0.1) is 19.3 Å². The maximum atomic E-state index is 11.7. The normalized spacial score (nSPS) is 13.8. The fraction of sp³-hybridized carbons (Fsp3) is 0.438. The molecule has 0 unspecified atom stereocenters. The van der Waals surface area contributed by atoms with E-state index in [1.165, 1.54) is 83.9 Å². The number of halogens is 6. The third kappa shape index (κ3) is 19.0. The molecule has 1 N–H and O–H groups in total. The van der Waals surface area contributed by atoms with Gasteiger partial charge in [0.25, 0.3) is 0 Å². The molecule has 365 valence electrons. The molecule has 19 heteroatoms. The molecule has 6 heterocycles. The number of hydrogen-bond acceptors (Lipinski definition) is 9. The van der Waals surface area contributed by atoms with Crippen LogP contribution in [0.5, 0.6) is 0 Å². The SMILES string of the molecule is CCOC(=O)c1cnc(N2CCC(CCCc3cn(C)c4ccccc34)CC2)nc1.Cl.Cn1cc(CCCC2CCN(c3ncc(C(=O)O)cn3)CC2)c2ccccc21.IC(I)I.[CH3-].[I][V][I]. The van der Waals surface area contributed by atoms with E-state index in [9.17, 15) is 9.59 Å².